The van der Waals surface area contributed by atoms with Crippen molar-refractivity contribution in [2.75, 3.05) is 45.9 Å². The van der Waals surface area contributed by atoms with Crippen LogP contribution in [0.3, 0.4) is 0 Å². The molecule has 2 rings (SSSR count). The van der Waals surface area contributed by atoms with Gasteiger partial charge in [-0.3, -0.25) is 14.6 Å². The SMILES string of the molecule is CCC(=O)CN1CCC(N2CCOCC2)C1. The number of carbonyl (C=O) groups is 1. The summed E-state index contributed by atoms with van der Waals surface area (Å²) in [7, 11) is 0. The van der Waals surface area contributed by atoms with Crippen LogP contribution >= 0.6 is 0 Å². The third kappa shape index (κ3) is 3.03. The van der Waals surface area contributed by atoms with Crippen molar-refractivity contribution in [1.29, 1.82) is 0 Å². The monoisotopic (exact) mass is 226 g/mol. The molecule has 2 aliphatic rings. The van der Waals surface area contributed by atoms with E-state index in [2.05, 4.69) is 9.80 Å². The number of ketones is 1. The quantitative estimate of drug-likeness (QED) is 0.693. The fourth-order valence-corrected chi connectivity index (χ4v) is 2.56. The number of nitrogens with zero attached hydrogens (tertiary/aromatic N) is 2. The smallest absolute Gasteiger partial charge is 0.146 e. The fourth-order valence-electron chi connectivity index (χ4n) is 2.56. The maximum Gasteiger partial charge on any atom is 0.146 e. The molecule has 4 heteroatoms. The van der Waals surface area contributed by atoms with E-state index in [1.807, 2.05) is 6.92 Å². The molecule has 0 radical (unpaired) electrons. The lowest BCUT2D eigenvalue weighted by molar-refractivity contribution is -0.119. The molecule has 2 saturated heterocycles. The van der Waals surface area contributed by atoms with Gasteiger partial charge in [0.05, 0.1) is 19.8 Å². The van der Waals surface area contributed by atoms with Gasteiger partial charge in [0.2, 0.25) is 0 Å². The molecule has 0 aromatic heterocycles. The Hall–Kier alpha value is -0.450. The van der Waals surface area contributed by atoms with Gasteiger partial charge in [-0.15, -0.1) is 0 Å². The van der Waals surface area contributed by atoms with E-state index in [0.29, 0.717) is 24.8 Å². The van der Waals surface area contributed by atoms with Gasteiger partial charge in [-0.05, 0) is 6.42 Å². The first kappa shape index (κ1) is 12.0. The van der Waals surface area contributed by atoms with Crippen molar-refractivity contribution in [1.82, 2.24) is 9.80 Å². The summed E-state index contributed by atoms with van der Waals surface area (Å²) >= 11 is 0. The van der Waals surface area contributed by atoms with Crippen LogP contribution in [0.4, 0.5) is 0 Å². The average molecular weight is 226 g/mol. The summed E-state index contributed by atoms with van der Waals surface area (Å²) in [6, 6.07) is 0.647. The van der Waals surface area contributed by atoms with Crippen LogP contribution in [0.25, 0.3) is 0 Å². The maximum absolute atomic E-state index is 11.4. The van der Waals surface area contributed by atoms with E-state index in [4.69, 9.17) is 4.74 Å². The van der Waals surface area contributed by atoms with Crippen molar-refractivity contribution in [3.8, 4) is 0 Å². The van der Waals surface area contributed by atoms with Crippen molar-refractivity contribution >= 4 is 5.78 Å². The van der Waals surface area contributed by atoms with E-state index in [0.717, 1.165) is 39.4 Å². The molecule has 92 valence electrons. The average Bonchev–Trinajstić information content (AvgIpc) is 2.78. The van der Waals surface area contributed by atoms with Gasteiger partial charge in [0.15, 0.2) is 0 Å². The number of rotatable bonds is 4. The molecule has 16 heavy (non-hydrogen) atoms. The lowest BCUT2D eigenvalue weighted by Crippen LogP contribution is -2.45. The molecule has 0 saturated carbocycles. The highest BCUT2D eigenvalue weighted by Crippen LogP contribution is 2.16. The maximum atomic E-state index is 11.4. The highest BCUT2D eigenvalue weighted by molar-refractivity contribution is 5.80. The first-order valence-corrected chi connectivity index (χ1v) is 6.35. The zero-order chi connectivity index (χ0) is 11.4. The lowest BCUT2D eigenvalue weighted by Gasteiger charge is -2.32. The summed E-state index contributed by atoms with van der Waals surface area (Å²) in [5.41, 5.74) is 0. The van der Waals surface area contributed by atoms with E-state index in [-0.39, 0.29) is 0 Å². The molecular weight excluding hydrogens is 204 g/mol. The summed E-state index contributed by atoms with van der Waals surface area (Å²) in [6.07, 6.45) is 1.87. The van der Waals surface area contributed by atoms with E-state index in [9.17, 15) is 4.79 Å². The minimum absolute atomic E-state index is 0.364. The topological polar surface area (TPSA) is 32.8 Å². The highest BCUT2D eigenvalue weighted by Gasteiger charge is 2.29. The normalized spacial score (nSPS) is 28.4. The first-order valence-electron chi connectivity index (χ1n) is 6.35. The minimum atomic E-state index is 0.364. The van der Waals surface area contributed by atoms with Gasteiger partial charge in [0, 0.05) is 38.6 Å². The highest BCUT2D eigenvalue weighted by atomic mass is 16.5. The van der Waals surface area contributed by atoms with E-state index in [1.54, 1.807) is 0 Å². The number of hydrogen-bond acceptors (Lipinski definition) is 4. The summed E-state index contributed by atoms with van der Waals surface area (Å²) in [4.78, 5) is 16.2. The molecule has 2 aliphatic heterocycles. The summed E-state index contributed by atoms with van der Waals surface area (Å²) in [5, 5.41) is 0. The second-order valence-corrected chi connectivity index (χ2v) is 4.72. The van der Waals surface area contributed by atoms with E-state index < -0.39 is 0 Å². The van der Waals surface area contributed by atoms with Gasteiger partial charge >= 0.3 is 0 Å². The molecule has 0 spiro atoms. The first-order chi connectivity index (χ1) is 7.79. The van der Waals surface area contributed by atoms with Gasteiger partial charge in [-0.1, -0.05) is 6.92 Å². The fraction of sp³-hybridized carbons (Fsp3) is 0.917. The Bertz CT molecular complexity index is 239. The van der Waals surface area contributed by atoms with Crippen LogP contribution in [-0.4, -0.2) is 67.6 Å². The summed E-state index contributed by atoms with van der Waals surface area (Å²) in [5.74, 6) is 0.364. The molecule has 1 unspecified atom stereocenters. The zero-order valence-corrected chi connectivity index (χ0v) is 10.2. The van der Waals surface area contributed by atoms with Crippen molar-refractivity contribution in [2.45, 2.75) is 25.8 Å². The van der Waals surface area contributed by atoms with Crippen molar-refractivity contribution in [2.24, 2.45) is 0 Å². The number of Topliss-reactive ketones (excluding diaryl/α,β-unsaturated/α-hetero) is 1. The van der Waals surface area contributed by atoms with Gasteiger partial charge in [0.1, 0.15) is 5.78 Å². The van der Waals surface area contributed by atoms with Gasteiger partial charge < -0.3 is 4.74 Å². The Kier molecular flexibility index (Phi) is 4.32. The summed E-state index contributed by atoms with van der Waals surface area (Å²) in [6.45, 7) is 8.57. The third-order valence-electron chi connectivity index (χ3n) is 3.60. The van der Waals surface area contributed by atoms with Crippen molar-refractivity contribution < 1.29 is 9.53 Å². The Labute approximate surface area is 97.5 Å². The molecule has 0 amide bonds. The predicted octanol–water partition coefficient (Wildman–Crippen LogP) is 0.372. The van der Waals surface area contributed by atoms with Crippen LogP contribution in [0.15, 0.2) is 0 Å². The zero-order valence-electron chi connectivity index (χ0n) is 10.2. The Morgan fingerprint density at radius 1 is 1.31 bits per heavy atom. The Morgan fingerprint density at radius 3 is 2.75 bits per heavy atom. The molecule has 0 aromatic rings. The second kappa shape index (κ2) is 5.75. The Balaban J connectivity index is 1.76. The van der Waals surface area contributed by atoms with Crippen LogP contribution in [0.5, 0.6) is 0 Å². The van der Waals surface area contributed by atoms with Crippen LogP contribution in [-0.2, 0) is 9.53 Å². The predicted molar refractivity (Wildman–Crippen MR) is 62.5 cm³/mol. The summed E-state index contributed by atoms with van der Waals surface area (Å²) < 4.78 is 5.36. The van der Waals surface area contributed by atoms with E-state index >= 15 is 0 Å². The number of likely N-dealkylation sites (tertiary alicyclic amines) is 1. The van der Waals surface area contributed by atoms with Crippen molar-refractivity contribution in [3.05, 3.63) is 0 Å². The molecule has 0 bridgehead atoms. The molecule has 2 heterocycles. The second-order valence-electron chi connectivity index (χ2n) is 4.72. The van der Waals surface area contributed by atoms with Crippen LogP contribution in [0.1, 0.15) is 19.8 Å². The number of carbonyl (C=O) groups excluding carboxylic acids is 1. The van der Waals surface area contributed by atoms with Gasteiger partial charge in [-0.2, -0.15) is 0 Å². The number of ether oxygens (including phenoxy) is 1. The van der Waals surface area contributed by atoms with Crippen LogP contribution < -0.4 is 0 Å². The number of hydrogen-bond donors (Lipinski definition) is 0. The Morgan fingerprint density at radius 2 is 2.06 bits per heavy atom. The molecule has 1 atom stereocenters. The van der Waals surface area contributed by atoms with Crippen LogP contribution in [0, 0.1) is 0 Å². The van der Waals surface area contributed by atoms with Crippen LogP contribution in [0.2, 0.25) is 0 Å². The minimum Gasteiger partial charge on any atom is -0.379 e. The molecule has 0 aliphatic carbocycles. The largest absolute Gasteiger partial charge is 0.379 e. The molecule has 4 nitrogen and oxygen atoms in total. The van der Waals surface area contributed by atoms with Gasteiger partial charge in [-0.25, -0.2) is 0 Å². The molecule has 0 aromatic carbocycles. The lowest BCUT2D eigenvalue weighted by atomic mass is 10.2. The molecule has 0 N–H and O–H groups in total. The molecular formula is C12H22N2O2. The third-order valence-corrected chi connectivity index (χ3v) is 3.60. The number of morpholine rings is 1. The van der Waals surface area contributed by atoms with E-state index in [1.165, 1.54) is 6.42 Å². The standard InChI is InChI=1S/C12H22N2O2/c1-2-12(15)10-13-4-3-11(9-13)14-5-7-16-8-6-14/h11H,2-10H2,1H3. The molecule has 2 fully saturated rings. The van der Waals surface area contributed by atoms with Crippen molar-refractivity contribution in [3.63, 3.8) is 0 Å². The van der Waals surface area contributed by atoms with Gasteiger partial charge in [0.25, 0.3) is 0 Å².